The average molecular weight is 566 g/mol. The molecular weight excluding hydrogens is 533 g/mol. The quantitative estimate of drug-likeness (QED) is 0.178. The molecule has 0 aliphatic heterocycles. The summed E-state index contributed by atoms with van der Waals surface area (Å²) in [6.45, 7) is 6.33. The van der Waals surface area contributed by atoms with Crippen molar-refractivity contribution in [2.45, 2.75) is 33.3 Å². The molecule has 0 bridgehead atoms. The lowest BCUT2D eigenvalue weighted by Crippen LogP contribution is -2.20. The number of aryl methyl sites for hydroxylation is 1. The maximum Gasteiger partial charge on any atom is 0.282 e. The summed E-state index contributed by atoms with van der Waals surface area (Å²) in [6, 6.07) is 22.8. The van der Waals surface area contributed by atoms with Crippen LogP contribution < -0.4 is 19.8 Å². The molecule has 0 atom stereocenters. The number of methoxy groups -OCH3 is 2. The fourth-order valence-electron chi connectivity index (χ4n) is 4.77. The number of fused-ring (bicyclic) bond motifs is 1. The second-order valence-corrected chi connectivity index (χ2v) is 10.2. The molecule has 214 valence electrons. The first-order valence-corrected chi connectivity index (χ1v) is 13.6. The number of para-hydroxylation sites is 1. The van der Waals surface area contributed by atoms with E-state index in [1.165, 1.54) is 16.8 Å². The Balaban J connectivity index is 1.56. The Morgan fingerprint density at radius 3 is 2.45 bits per heavy atom. The molecule has 5 aromatic rings. The highest BCUT2D eigenvalue weighted by Crippen LogP contribution is 2.34. The molecule has 0 aliphatic carbocycles. The van der Waals surface area contributed by atoms with E-state index in [-0.39, 0.29) is 23.9 Å². The Morgan fingerprint density at radius 2 is 1.71 bits per heavy atom. The zero-order chi connectivity index (χ0) is 29.8. The fourth-order valence-corrected chi connectivity index (χ4v) is 4.77. The average Bonchev–Trinajstić information content (AvgIpc) is 2.99. The van der Waals surface area contributed by atoms with Gasteiger partial charge in [0.05, 0.1) is 31.3 Å². The molecule has 0 radical (unpaired) electrons. The first kappa shape index (κ1) is 28.5. The zero-order valence-corrected chi connectivity index (χ0v) is 24.2. The van der Waals surface area contributed by atoms with Gasteiger partial charge in [-0.05, 0) is 89.7 Å². The summed E-state index contributed by atoms with van der Waals surface area (Å²) >= 11 is 0. The summed E-state index contributed by atoms with van der Waals surface area (Å²) < 4.78 is 31.9. The Bertz CT molecular complexity index is 1850. The van der Waals surface area contributed by atoms with E-state index in [2.05, 4.69) is 18.9 Å². The van der Waals surface area contributed by atoms with Crippen molar-refractivity contribution in [2.24, 2.45) is 5.10 Å². The van der Waals surface area contributed by atoms with Crippen LogP contribution in [0.2, 0.25) is 0 Å². The molecule has 0 saturated carbocycles. The van der Waals surface area contributed by atoms with Crippen LogP contribution in [0.5, 0.6) is 17.2 Å². The molecular formula is C34H32FN3O4. The third-order valence-corrected chi connectivity index (χ3v) is 6.99. The van der Waals surface area contributed by atoms with Gasteiger partial charge in [-0.25, -0.2) is 9.37 Å². The summed E-state index contributed by atoms with van der Waals surface area (Å²) in [5.74, 6) is 2.07. The number of hydrogen-bond acceptors (Lipinski definition) is 6. The maximum absolute atomic E-state index is 13.7. The highest BCUT2D eigenvalue weighted by atomic mass is 19.1. The minimum absolute atomic E-state index is 0.183. The summed E-state index contributed by atoms with van der Waals surface area (Å²) in [6.07, 6.45) is 1.59. The SMILES string of the molecule is COc1cc(C=Nn2c(-c3cc(C(C)C)c(OC)cc3C)nc3ccccc3c2=O)ccc1OCc1cccc(F)c1. The number of rotatable bonds is 9. The fraction of sp³-hybridized carbons (Fsp3) is 0.206. The molecule has 0 saturated heterocycles. The van der Waals surface area contributed by atoms with Crippen LogP contribution >= 0.6 is 0 Å². The number of halogens is 1. The maximum atomic E-state index is 13.7. The Kier molecular flexibility index (Phi) is 8.33. The smallest absolute Gasteiger partial charge is 0.282 e. The van der Waals surface area contributed by atoms with Gasteiger partial charge < -0.3 is 14.2 Å². The molecule has 1 heterocycles. The minimum Gasteiger partial charge on any atom is -0.496 e. The predicted molar refractivity (Wildman–Crippen MR) is 164 cm³/mol. The molecule has 4 aromatic carbocycles. The van der Waals surface area contributed by atoms with Crippen LogP contribution in [-0.2, 0) is 6.61 Å². The minimum atomic E-state index is -0.322. The van der Waals surface area contributed by atoms with Crippen molar-refractivity contribution in [3.05, 3.63) is 117 Å². The summed E-state index contributed by atoms with van der Waals surface area (Å²) in [4.78, 5) is 18.6. The largest absolute Gasteiger partial charge is 0.496 e. The van der Waals surface area contributed by atoms with Gasteiger partial charge in [-0.15, -0.1) is 0 Å². The van der Waals surface area contributed by atoms with Crippen LogP contribution in [0, 0.1) is 12.7 Å². The predicted octanol–water partition coefficient (Wildman–Crippen LogP) is 7.11. The lowest BCUT2D eigenvalue weighted by Gasteiger charge is -2.17. The number of nitrogens with zero attached hydrogens (tertiary/aromatic N) is 3. The molecule has 0 unspecified atom stereocenters. The summed E-state index contributed by atoms with van der Waals surface area (Å²) in [7, 11) is 3.20. The van der Waals surface area contributed by atoms with E-state index in [0.717, 1.165) is 22.4 Å². The lowest BCUT2D eigenvalue weighted by atomic mass is 9.96. The van der Waals surface area contributed by atoms with E-state index in [0.29, 0.717) is 39.4 Å². The van der Waals surface area contributed by atoms with Crippen molar-refractivity contribution in [2.75, 3.05) is 14.2 Å². The number of benzene rings is 4. The third-order valence-electron chi connectivity index (χ3n) is 6.99. The van der Waals surface area contributed by atoms with Crippen LogP contribution in [0.1, 0.15) is 42.0 Å². The molecule has 42 heavy (non-hydrogen) atoms. The summed E-state index contributed by atoms with van der Waals surface area (Å²) in [5.41, 5.74) is 4.40. The first-order chi connectivity index (χ1) is 20.3. The number of aromatic nitrogens is 2. The van der Waals surface area contributed by atoms with Gasteiger partial charge in [-0.1, -0.05) is 38.1 Å². The van der Waals surface area contributed by atoms with Crippen molar-refractivity contribution in [1.29, 1.82) is 0 Å². The monoisotopic (exact) mass is 565 g/mol. The van der Waals surface area contributed by atoms with Crippen molar-refractivity contribution >= 4 is 17.1 Å². The van der Waals surface area contributed by atoms with Crippen molar-refractivity contribution in [3.63, 3.8) is 0 Å². The summed E-state index contributed by atoms with van der Waals surface area (Å²) in [5, 5.41) is 5.08. The molecule has 5 rings (SSSR count). The third kappa shape index (κ3) is 5.88. The first-order valence-electron chi connectivity index (χ1n) is 13.6. The second kappa shape index (κ2) is 12.3. The Hall–Kier alpha value is -4.98. The van der Waals surface area contributed by atoms with Crippen LogP contribution in [0.3, 0.4) is 0 Å². The molecule has 0 spiro atoms. The highest BCUT2D eigenvalue weighted by molar-refractivity contribution is 5.83. The molecule has 7 nitrogen and oxygen atoms in total. The van der Waals surface area contributed by atoms with Crippen molar-refractivity contribution in [3.8, 4) is 28.6 Å². The van der Waals surface area contributed by atoms with Gasteiger partial charge in [0.1, 0.15) is 18.2 Å². The molecule has 0 aliphatic rings. The molecule has 0 N–H and O–H groups in total. The standard InChI is InChI=1S/C34H32FN3O4/c1-21(2)27-18-28(22(3)15-31(27)40-4)33-37-29-12-7-6-11-26(29)34(39)38(33)36-19-23-13-14-30(32(17-23)41-5)42-20-24-9-8-10-25(35)16-24/h6-19,21H,20H2,1-5H3. The van der Waals surface area contributed by atoms with Gasteiger partial charge in [0.25, 0.3) is 5.56 Å². The van der Waals surface area contributed by atoms with Crippen molar-refractivity contribution in [1.82, 2.24) is 9.66 Å². The molecule has 8 heteroatoms. The van der Waals surface area contributed by atoms with Gasteiger partial charge >= 0.3 is 0 Å². The van der Waals surface area contributed by atoms with Gasteiger partial charge in [0, 0.05) is 5.56 Å². The molecule has 0 fully saturated rings. The van der Waals surface area contributed by atoms with Crippen LogP contribution in [0.4, 0.5) is 4.39 Å². The van der Waals surface area contributed by atoms with Crippen LogP contribution in [0.25, 0.3) is 22.3 Å². The number of hydrogen-bond donors (Lipinski definition) is 0. The highest BCUT2D eigenvalue weighted by Gasteiger charge is 2.18. The second-order valence-electron chi connectivity index (χ2n) is 10.2. The van der Waals surface area contributed by atoms with E-state index in [9.17, 15) is 9.18 Å². The van der Waals surface area contributed by atoms with Gasteiger partial charge in [0.2, 0.25) is 0 Å². The lowest BCUT2D eigenvalue weighted by molar-refractivity contribution is 0.284. The Morgan fingerprint density at radius 1 is 0.929 bits per heavy atom. The van der Waals surface area contributed by atoms with E-state index in [1.54, 1.807) is 50.8 Å². The zero-order valence-electron chi connectivity index (χ0n) is 24.2. The van der Waals surface area contributed by atoms with Gasteiger partial charge in [-0.3, -0.25) is 4.79 Å². The Labute approximate surface area is 243 Å². The van der Waals surface area contributed by atoms with E-state index in [1.807, 2.05) is 43.3 Å². The normalized spacial score (nSPS) is 11.4. The van der Waals surface area contributed by atoms with Crippen molar-refractivity contribution < 1.29 is 18.6 Å². The van der Waals surface area contributed by atoms with Gasteiger partial charge in [0.15, 0.2) is 17.3 Å². The topological polar surface area (TPSA) is 74.9 Å². The van der Waals surface area contributed by atoms with E-state index < -0.39 is 0 Å². The van der Waals surface area contributed by atoms with E-state index >= 15 is 0 Å². The van der Waals surface area contributed by atoms with Crippen LogP contribution in [0.15, 0.2) is 88.8 Å². The number of ether oxygens (including phenoxy) is 3. The molecule has 1 aromatic heterocycles. The van der Waals surface area contributed by atoms with Crippen LogP contribution in [-0.4, -0.2) is 30.1 Å². The van der Waals surface area contributed by atoms with E-state index in [4.69, 9.17) is 19.2 Å². The molecule has 0 amide bonds. The van der Waals surface area contributed by atoms with Gasteiger partial charge in [-0.2, -0.15) is 9.78 Å².